The van der Waals surface area contributed by atoms with Crippen molar-refractivity contribution in [1.82, 2.24) is 5.32 Å². The molecule has 5 rings (SSSR count). The standard InChI is InChI=1S/C48H63NO13/c1-9-25-55-44-42(57-28-34-23-17-12-18-24-34)41(40(56-27-33-21-15-11-16-22-33)35(60-44)29-54-26-32-19-13-10-14-20-32)61-43-37(49-31(2)50)38(51)39(62-46(53)48(6,7)8)36(59-43)30-58-45(52)47(3,4)5/h9-24,35-44,51H,1,25-30H2,2-8H3,(H,49,50)/t35-,36-,37-,38-,39+,40+,41+,42-,43+,44+/m1/s1. The normalized spacial score (nSPS) is 26.6. The highest BCUT2D eigenvalue weighted by atomic mass is 16.8. The largest absolute Gasteiger partial charge is 0.462 e. The number of ether oxygens (including phenoxy) is 9. The molecule has 2 fully saturated rings. The Morgan fingerprint density at radius 3 is 1.68 bits per heavy atom. The summed E-state index contributed by atoms with van der Waals surface area (Å²) in [5.74, 6) is -1.72. The average molecular weight is 862 g/mol. The lowest BCUT2D eigenvalue weighted by atomic mass is 9.93. The maximum absolute atomic E-state index is 13.4. The van der Waals surface area contributed by atoms with Crippen molar-refractivity contribution in [1.29, 1.82) is 0 Å². The van der Waals surface area contributed by atoms with E-state index in [0.717, 1.165) is 16.7 Å². The highest BCUT2D eigenvalue weighted by molar-refractivity contribution is 5.76. The Morgan fingerprint density at radius 1 is 0.661 bits per heavy atom. The Kier molecular flexibility index (Phi) is 17.8. The minimum Gasteiger partial charge on any atom is -0.462 e. The van der Waals surface area contributed by atoms with Crippen molar-refractivity contribution >= 4 is 17.8 Å². The summed E-state index contributed by atoms with van der Waals surface area (Å²) in [5.41, 5.74) is 0.812. The first-order chi connectivity index (χ1) is 29.5. The van der Waals surface area contributed by atoms with Crippen LogP contribution in [0.2, 0.25) is 0 Å². The van der Waals surface area contributed by atoms with Gasteiger partial charge in [0.15, 0.2) is 18.7 Å². The van der Waals surface area contributed by atoms with Crippen LogP contribution >= 0.6 is 0 Å². The maximum atomic E-state index is 13.4. The smallest absolute Gasteiger partial charge is 0.311 e. The SMILES string of the molecule is C=CCO[C@H]1O[C@H](COCc2ccccc2)[C@H](OCc2ccccc2)[C@H](O[C@@H]2O[C@H](COC(=O)C(C)(C)C)[C@H](OC(=O)C(C)(C)C)[C@H](O)[C@H]2NC(C)=O)[C@H]1OCc1ccccc1. The Bertz CT molecular complexity index is 1850. The van der Waals surface area contributed by atoms with Crippen LogP contribution in [0.3, 0.4) is 0 Å². The third-order valence-corrected chi connectivity index (χ3v) is 10.1. The number of hydrogen-bond donors (Lipinski definition) is 2. The van der Waals surface area contributed by atoms with Gasteiger partial charge in [-0.05, 0) is 58.2 Å². The van der Waals surface area contributed by atoms with Crippen LogP contribution in [0.15, 0.2) is 104 Å². The van der Waals surface area contributed by atoms with Gasteiger partial charge in [-0.15, -0.1) is 6.58 Å². The molecule has 2 N–H and O–H groups in total. The van der Waals surface area contributed by atoms with Crippen molar-refractivity contribution in [2.45, 2.75) is 130 Å². The summed E-state index contributed by atoms with van der Waals surface area (Å²) < 4.78 is 57.7. The van der Waals surface area contributed by atoms with E-state index in [-0.39, 0.29) is 33.0 Å². The Labute approximate surface area is 365 Å². The molecule has 1 amide bonds. The van der Waals surface area contributed by atoms with Gasteiger partial charge in [-0.2, -0.15) is 0 Å². The van der Waals surface area contributed by atoms with Gasteiger partial charge in [0.2, 0.25) is 5.91 Å². The summed E-state index contributed by atoms with van der Waals surface area (Å²) >= 11 is 0. The zero-order valence-corrected chi connectivity index (χ0v) is 36.8. The van der Waals surface area contributed by atoms with E-state index in [4.69, 9.17) is 42.6 Å². The van der Waals surface area contributed by atoms with Gasteiger partial charge in [-0.25, -0.2) is 0 Å². The molecule has 10 atom stereocenters. The lowest BCUT2D eigenvalue weighted by molar-refractivity contribution is -0.359. The second-order valence-corrected chi connectivity index (χ2v) is 17.5. The molecule has 2 aliphatic heterocycles. The summed E-state index contributed by atoms with van der Waals surface area (Å²) in [7, 11) is 0. The molecule has 0 radical (unpaired) electrons. The van der Waals surface area contributed by atoms with Crippen LogP contribution in [0.25, 0.3) is 0 Å². The van der Waals surface area contributed by atoms with Crippen LogP contribution in [-0.4, -0.2) is 104 Å². The first-order valence-corrected chi connectivity index (χ1v) is 21.0. The lowest BCUT2D eigenvalue weighted by Gasteiger charge is -2.49. The molecule has 0 bridgehead atoms. The van der Waals surface area contributed by atoms with Crippen molar-refractivity contribution in [3.63, 3.8) is 0 Å². The zero-order chi connectivity index (χ0) is 44.9. The molecular weight excluding hydrogens is 799 g/mol. The van der Waals surface area contributed by atoms with E-state index in [1.807, 2.05) is 91.0 Å². The maximum Gasteiger partial charge on any atom is 0.311 e. The lowest BCUT2D eigenvalue weighted by Crippen LogP contribution is -2.69. The molecule has 0 spiro atoms. The first-order valence-electron chi connectivity index (χ1n) is 21.0. The van der Waals surface area contributed by atoms with Crippen LogP contribution in [0, 0.1) is 10.8 Å². The predicted octanol–water partition coefficient (Wildman–Crippen LogP) is 5.82. The third-order valence-electron chi connectivity index (χ3n) is 10.1. The molecule has 2 saturated heterocycles. The highest BCUT2D eigenvalue weighted by Crippen LogP contribution is 2.35. The zero-order valence-electron chi connectivity index (χ0n) is 36.8. The number of nitrogens with one attached hydrogen (secondary N) is 1. The number of carbonyl (C=O) groups excluding carboxylic acids is 3. The molecular formula is C48H63NO13. The summed E-state index contributed by atoms with van der Waals surface area (Å²) in [5, 5.41) is 14.9. The van der Waals surface area contributed by atoms with Gasteiger partial charge in [-0.3, -0.25) is 14.4 Å². The van der Waals surface area contributed by atoms with E-state index in [2.05, 4.69) is 11.9 Å². The van der Waals surface area contributed by atoms with Crippen molar-refractivity contribution in [2.24, 2.45) is 10.8 Å². The Balaban J connectivity index is 1.57. The molecule has 14 heteroatoms. The van der Waals surface area contributed by atoms with Crippen LogP contribution < -0.4 is 5.32 Å². The van der Waals surface area contributed by atoms with Gasteiger partial charge in [0, 0.05) is 6.92 Å². The molecule has 14 nitrogen and oxygen atoms in total. The van der Waals surface area contributed by atoms with Gasteiger partial charge in [0.1, 0.15) is 49.3 Å². The fourth-order valence-corrected chi connectivity index (χ4v) is 6.78. The van der Waals surface area contributed by atoms with Gasteiger partial charge < -0.3 is 53.1 Å². The molecule has 0 saturated carbocycles. The summed E-state index contributed by atoms with van der Waals surface area (Å²) in [6.07, 6.45) is -9.07. The number of amides is 1. The minimum absolute atomic E-state index is 0.0348. The van der Waals surface area contributed by atoms with Gasteiger partial charge in [0.25, 0.3) is 0 Å². The van der Waals surface area contributed by atoms with E-state index in [1.165, 1.54) is 6.92 Å². The van der Waals surface area contributed by atoms with Crippen molar-refractivity contribution in [2.75, 3.05) is 19.8 Å². The third kappa shape index (κ3) is 14.0. The monoisotopic (exact) mass is 861 g/mol. The average Bonchev–Trinajstić information content (AvgIpc) is 3.24. The number of aliphatic hydroxyl groups excluding tert-OH is 1. The Morgan fingerprint density at radius 2 is 1.16 bits per heavy atom. The van der Waals surface area contributed by atoms with Crippen LogP contribution in [0.5, 0.6) is 0 Å². The fourth-order valence-electron chi connectivity index (χ4n) is 6.78. The molecule has 62 heavy (non-hydrogen) atoms. The van der Waals surface area contributed by atoms with Gasteiger partial charge >= 0.3 is 11.9 Å². The Hall–Kier alpha value is -4.51. The van der Waals surface area contributed by atoms with E-state index in [1.54, 1.807) is 47.6 Å². The fraction of sp³-hybridized carbons (Fsp3) is 0.521. The number of hydrogen-bond acceptors (Lipinski definition) is 13. The first kappa shape index (κ1) is 48.5. The number of rotatable bonds is 19. The minimum atomic E-state index is -1.60. The predicted molar refractivity (Wildman–Crippen MR) is 228 cm³/mol. The molecule has 0 aliphatic carbocycles. The second kappa shape index (κ2) is 22.7. The van der Waals surface area contributed by atoms with Crippen molar-refractivity contribution in [3.05, 3.63) is 120 Å². The number of esters is 2. The van der Waals surface area contributed by atoms with Crippen molar-refractivity contribution < 1.29 is 62.1 Å². The number of aliphatic hydroxyl groups is 1. The molecule has 2 aliphatic rings. The summed E-state index contributed by atoms with van der Waals surface area (Å²) in [6, 6.07) is 27.5. The molecule has 3 aromatic carbocycles. The van der Waals surface area contributed by atoms with E-state index in [0.29, 0.717) is 0 Å². The van der Waals surface area contributed by atoms with Crippen molar-refractivity contribution in [3.8, 4) is 0 Å². The summed E-state index contributed by atoms with van der Waals surface area (Å²) in [6.45, 7) is 15.4. The molecule has 2 heterocycles. The van der Waals surface area contributed by atoms with Gasteiger partial charge in [0.05, 0.1) is 43.9 Å². The van der Waals surface area contributed by atoms with E-state index in [9.17, 15) is 19.5 Å². The van der Waals surface area contributed by atoms with E-state index >= 15 is 0 Å². The van der Waals surface area contributed by atoms with E-state index < -0.39 is 96.6 Å². The molecule has 0 unspecified atom stereocenters. The topological polar surface area (TPSA) is 167 Å². The van der Waals surface area contributed by atoms with Crippen LogP contribution in [0.1, 0.15) is 65.2 Å². The van der Waals surface area contributed by atoms with Crippen LogP contribution in [-0.2, 0) is 76.8 Å². The molecule has 338 valence electrons. The number of benzene rings is 3. The second-order valence-electron chi connectivity index (χ2n) is 17.5. The molecule has 3 aromatic rings. The summed E-state index contributed by atoms with van der Waals surface area (Å²) in [4.78, 5) is 39.3. The quantitative estimate of drug-likeness (QED) is 0.109. The van der Waals surface area contributed by atoms with Gasteiger partial charge in [-0.1, -0.05) is 97.1 Å². The molecule has 0 aromatic heterocycles. The highest BCUT2D eigenvalue weighted by Gasteiger charge is 2.55. The van der Waals surface area contributed by atoms with Crippen LogP contribution in [0.4, 0.5) is 0 Å². The number of carbonyl (C=O) groups is 3.